The first-order valence-corrected chi connectivity index (χ1v) is 10.4. The summed E-state index contributed by atoms with van der Waals surface area (Å²) in [6, 6.07) is 0. The molecule has 5 unspecified atom stereocenters. The zero-order chi connectivity index (χ0) is 24.2. The summed E-state index contributed by atoms with van der Waals surface area (Å²) in [5, 5.41) is 30.8. The van der Waals surface area contributed by atoms with E-state index in [0.29, 0.717) is 0 Å². The van der Waals surface area contributed by atoms with Gasteiger partial charge < -0.3 is 43.7 Å². The van der Waals surface area contributed by atoms with Crippen LogP contribution in [-0.4, -0.2) is 102 Å². The second-order valence-electron chi connectivity index (χ2n) is 8.03. The fourth-order valence-corrected chi connectivity index (χ4v) is 3.84. The van der Waals surface area contributed by atoms with Crippen LogP contribution in [0.1, 0.15) is 34.6 Å². The Kier molecular flexibility index (Phi) is 9.37. The Hall–Kier alpha value is -1.83. The van der Waals surface area contributed by atoms with E-state index in [1.807, 2.05) is 0 Å². The van der Waals surface area contributed by atoms with Gasteiger partial charge in [-0.15, -0.1) is 0 Å². The lowest BCUT2D eigenvalue weighted by molar-refractivity contribution is -0.336. The lowest BCUT2D eigenvalue weighted by Gasteiger charge is -2.47. The SMILES string of the molecule is CC(=O)OCC1O[C@@H](O[C@@H]2C(COC(C)=O)OC(C)[C@@H](OC(C)=O)C2C)[C@@H](O)C(O)[C@H]1O. The van der Waals surface area contributed by atoms with E-state index in [1.165, 1.54) is 20.8 Å². The van der Waals surface area contributed by atoms with Gasteiger partial charge in [0.25, 0.3) is 0 Å². The Morgan fingerprint density at radius 2 is 1.31 bits per heavy atom. The summed E-state index contributed by atoms with van der Waals surface area (Å²) in [5.41, 5.74) is 0. The van der Waals surface area contributed by atoms with Gasteiger partial charge >= 0.3 is 17.9 Å². The number of carbonyl (C=O) groups is 3. The number of aliphatic hydroxyl groups excluding tert-OH is 3. The van der Waals surface area contributed by atoms with Gasteiger partial charge in [-0.1, -0.05) is 6.92 Å². The minimum atomic E-state index is -1.65. The fourth-order valence-electron chi connectivity index (χ4n) is 3.84. The predicted octanol–water partition coefficient (Wildman–Crippen LogP) is -1.34. The monoisotopic (exact) mass is 464 g/mol. The highest BCUT2D eigenvalue weighted by molar-refractivity contribution is 5.66. The van der Waals surface area contributed by atoms with Crippen LogP contribution in [0.2, 0.25) is 0 Å². The van der Waals surface area contributed by atoms with Crippen molar-refractivity contribution in [3.63, 3.8) is 0 Å². The van der Waals surface area contributed by atoms with Crippen molar-refractivity contribution >= 4 is 17.9 Å². The summed E-state index contributed by atoms with van der Waals surface area (Å²) < 4.78 is 32.6. The molecular formula is C20H32O12. The van der Waals surface area contributed by atoms with E-state index in [2.05, 4.69) is 0 Å². The van der Waals surface area contributed by atoms with Crippen LogP contribution < -0.4 is 0 Å². The number of aliphatic hydroxyl groups is 3. The Morgan fingerprint density at radius 3 is 1.84 bits per heavy atom. The molecular weight excluding hydrogens is 432 g/mol. The lowest BCUT2D eigenvalue weighted by Crippen LogP contribution is -2.63. The van der Waals surface area contributed by atoms with Crippen molar-refractivity contribution in [3.05, 3.63) is 0 Å². The third-order valence-corrected chi connectivity index (χ3v) is 5.42. The van der Waals surface area contributed by atoms with E-state index in [0.717, 1.165) is 0 Å². The van der Waals surface area contributed by atoms with Crippen LogP contribution in [0.25, 0.3) is 0 Å². The van der Waals surface area contributed by atoms with Crippen molar-refractivity contribution in [2.75, 3.05) is 13.2 Å². The van der Waals surface area contributed by atoms with Gasteiger partial charge in [0, 0.05) is 26.7 Å². The summed E-state index contributed by atoms with van der Waals surface area (Å²) in [6.45, 7) is 6.54. The maximum Gasteiger partial charge on any atom is 0.303 e. The first-order chi connectivity index (χ1) is 14.9. The number of rotatable bonds is 7. The van der Waals surface area contributed by atoms with Crippen molar-refractivity contribution in [1.29, 1.82) is 0 Å². The summed E-state index contributed by atoms with van der Waals surface area (Å²) in [5.74, 6) is -2.17. The normalized spacial score (nSPS) is 39.8. The average Bonchev–Trinajstić information content (AvgIpc) is 2.70. The maximum atomic E-state index is 11.5. The molecule has 0 spiro atoms. The Morgan fingerprint density at radius 1 is 0.750 bits per heavy atom. The van der Waals surface area contributed by atoms with Crippen LogP contribution in [0, 0.1) is 5.92 Å². The average molecular weight is 464 g/mol. The molecule has 0 aromatic rings. The van der Waals surface area contributed by atoms with E-state index in [1.54, 1.807) is 13.8 Å². The first-order valence-electron chi connectivity index (χ1n) is 10.4. The summed E-state index contributed by atoms with van der Waals surface area (Å²) >= 11 is 0. The molecule has 2 rings (SSSR count). The zero-order valence-corrected chi connectivity index (χ0v) is 18.7. The van der Waals surface area contributed by atoms with Crippen molar-refractivity contribution in [3.8, 4) is 0 Å². The van der Waals surface area contributed by atoms with Crippen molar-refractivity contribution in [2.45, 2.75) is 89.7 Å². The molecule has 2 saturated heterocycles. The number of hydrogen-bond acceptors (Lipinski definition) is 12. The van der Waals surface area contributed by atoms with E-state index in [9.17, 15) is 29.7 Å². The van der Waals surface area contributed by atoms with Gasteiger partial charge in [-0.05, 0) is 6.92 Å². The van der Waals surface area contributed by atoms with Crippen LogP contribution in [0.15, 0.2) is 0 Å². The van der Waals surface area contributed by atoms with Gasteiger partial charge in [-0.3, -0.25) is 14.4 Å². The molecule has 2 fully saturated rings. The standard InChI is InChI=1S/C20H32O12/c1-8-18(30-12(5)23)9(2)29-14(7-28-11(4)22)19(8)32-20-17(26)16(25)15(24)13(31-20)6-27-10(3)21/h8-9,13-20,24-26H,6-7H2,1-5H3/t8?,9?,13?,14?,15-,16?,17-,18-,19-,20-/m0/s1. The highest BCUT2D eigenvalue weighted by atomic mass is 16.7. The smallest absolute Gasteiger partial charge is 0.303 e. The third-order valence-electron chi connectivity index (χ3n) is 5.42. The van der Waals surface area contributed by atoms with Crippen molar-refractivity contribution < 1.29 is 58.1 Å². The van der Waals surface area contributed by atoms with Crippen LogP contribution in [-0.2, 0) is 42.8 Å². The quantitative estimate of drug-likeness (QED) is 0.300. The molecule has 10 atom stereocenters. The molecule has 12 heteroatoms. The Bertz CT molecular complexity index is 667. The molecule has 0 bridgehead atoms. The van der Waals surface area contributed by atoms with Gasteiger partial charge in [0.05, 0.1) is 12.2 Å². The minimum Gasteiger partial charge on any atom is -0.463 e. The van der Waals surface area contributed by atoms with Crippen LogP contribution in [0.4, 0.5) is 0 Å². The molecule has 2 heterocycles. The van der Waals surface area contributed by atoms with Crippen LogP contribution in [0.3, 0.4) is 0 Å². The van der Waals surface area contributed by atoms with E-state index >= 15 is 0 Å². The molecule has 12 nitrogen and oxygen atoms in total. The summed E-state index contributed by atoms with van der Waals surface area (Å²) in [6.07, 6.45) is -10.4. The van der Waals surface area contributed by atoms with Gasteiger partial charge in [0.15, 0.2) is 6.29 Å². The van der Waals surface area contributed by atoms with Gasteiger partial charge in [-0.25, -0.2) is 0 Å². The summed E-state index contributed by atoms with van der Waals surface area (Å²) in [4.78, 5) is 33.9. The molecule has 0 amide bonds. The Labute approximate surface area is 185 Å². The second-order valence-corrected chi connectivity index (χ2v) is 8.03. The topological polar surface area (TPSA) is 167 Å². The molecule has 0 aliphatic carbocycles. The number of hydrogen-bond donors (Lipinski definition) is 3. The molecule has 0 aromatic heterocycles. The molecule has 0 aromatic carbocycles. The highest BCUT2D eigenvalue weighted by Gasteiger charge is 2.50. The van der Waals surface area contributed by atoms with Gasteiger partial charge in [0.2, 0.25) is 0 Å². The zero-order valence-electron chi connectivity index (χ0n) is 18.7. The molecule has 0 saturated carbocycles. The largest absolute Gasteiger partial charge is 0.463 e. The van der Waals surface area contributed by atoms with Crippen LogP contribution in [0.5, 0.6) is 0 Å². The second kappa shape index (κ2) is 11.3. The number of carbonyl (C=O) groups excluding carboxylic acids is 3. The maximum absolute atomic E-state index is 11.5. The molecule has 32 heavy (non-hydrogen) atoms. The Balaban J connectivity index is 2.22. The molecule has 2 aliphatic rings. The van der Waals surface area contributed by atoms with Gasteiger partial charge in [-0.2, -0.15) is 0 Å². The number of ether oxygens (including phenoxy) is 6. The van der Waals surface area contributed by atoms with E-state index < -0.39 is 78.9 Å². The minimum absolute atomic E-state index is 0.174. The third kappa shape index (κ3) is 6.59. The molecule has 0 radical (unpaired) electrons. The van der Waals surface area contributed by atoms with E-state index in [-0.39, 0.29) is 13.2 Å². The van der Waals surface area contributed by atoms with Gasteiger partial charge in [0.1, 0.15) is 49.8 Å². The molecule has 2 aliphatic heterocycles. The summed E-state index contributed by atoms with van der Waals surface area (Å²) in [7, 11) is 0. The van der Waals surface area contributed by atoms with Crippen molar-refractivity contribution in [1.82, 2.24) is 0 Å². The molecule has 3 N–H and O–H groups in total. The molecule has 184 valence electrons. The highest BCUT2D eigenvalue weighted by Crippen LogP contribution is 2.33. The lowest BCUT2D eigenvalue weighted by atomic mass is 9.87. The van der Waals surface area contributed by atoms with Crippen molar-refractivity contribution in [2.24, 2.45) is 5.92 Å². The van der Waals surface area contributed by atoms with E-state index in [4.69, 9.17) is 28.4 Å². The first kappa shape index (κ1) is 26.4. The predicted molar refractivity (Wildman–Crippen MR) is 104 cm³/mol. The fraction of sp³-hybridized carbons (Fsp3) is 0.850. The number of esters is 3. The van der Waals surface area contributed by atoms with Crippen LogP contribution >= 0.6 is 0 Å².